The third kappa shape index (κ3) is 10.1. The van der Waals surface area contributed by atoms with Crippen LogP contribution in [0.1, 0.15) is 46.3 Å². The summed E-state index contributed by atoms with van der Waals surface area (Å²) >= 11 is 0. The zero-order valence-electron chi connectivity index (χ0n) is 25.9. The fraction of sp³-hybridized carbons (Fsp3) is 0.333. The molecule has 0 aliphatic heterocycles. The maximum Gasteiger partial charge on any atom is 0.274 e. The van der Waals surface area contributed by atoms with Gasteiger partial charge in [0.05, 0.1) is 12.0 Å². The average molecular weight is 616 g/mol. The molecular weight excluding hydrogens is 578 g/mol. The van der Waals surface area contributed by atoms with E-state index in [0.717, 1.165) is 11.1 Å². The lowest BCUT2D eigenvalue weighted by Crippen LogP contribution is -2.49. The molecule has 45 heavy (non-hydrogen) atoms. The van der Waals surface area contributed by atoms with Gasteiger partial charge in [-0.25, -0.2) is 0 Å². The predicted octanol–water partition coefficient (Wildman–Crippen LogP) is 2.74. The van der Waals surface area contributed by atoms with E-state index in [0.29, 0.717) is 17.1 Å². The first-order valence-electron chi connectivity index (χ1n) is 14.2. The number of carbonyl (C=O) groups excluding carboxylic acids is 4. The van der Waals surface area contributed by atoms with E-state index in [4.69, 9.17) is 9.26 Å². The molecule has 3 amide bonds. The molecule has 2 aromatic carbocycles. The molecule has 3 rings (SSSR count). The van der Waals surface area contributed by atoms with E-state index < -0.39 is 41.6 Å². The second-order valence-corrected chi connectivity index (χ2v) is 10.8. The molecule has 0 saturated carbocycles. The van der Waals surface area contributed by atoms with Crippen LogP contribution in [-0.4, -0.2) is 71.5 Å². The van der Waals surface area contributed by atoms with Crippen molar-refractivity contribution < 1.29 is 33.5 Å². The van der Waals surface area contributed by atoms with Gasteiger partial charge in [-0.3, -0.25) is 19.2 Å². The average Bonchev–Trinajstić information content (AvgIpc) is 3.45. The van der Waals surface area contributed by atoms with Gasteiger partial charge in [-0.2, -0.15) is 5.26 Å². The first-order valence-corrected chi connectivity index (χ1v) is 14.2. The van der Waals surface area contributed by atoms with Crippen LogP contribution in [0.2, 0.25) is 0 Å². The monoisotopic (exact) mass is 615 g/mol. The van der Waals surface area contributed by atoms with Crippen molar-refractivity contribution in [2.45, 2.75) is 45.9 Å². The van der Waals surface area contributed by atoms with Gasteiger partial charge in [0.15, 0.2) is 11.5 Å². The number of carbonyl (C=O) groups is 4. The molecule has 0 aliphatic carbocycles. The summed E-state index contributed by atoms with van der Waals surface area (Å²) in [6.07, 6.45) is -0.200. The first-order chi connectivity index (χ1) is 21.4. The Labute approximate surface area is 261 Å². The number of hydrogen-bond acceptors (Lipinski definition) is 9. The summed E-state index contributed by atoms with van der Waals surface area (Å²) in [5, 5.41) is 28.7. The van der Waals surface area contributed by atoms with Crippen molar-refractivity contribution in [2.24, 2.45) is 5.92 Å². The third-order valence-electron chi connectivity index (χ3n) is 6.76. The molecule has 0 spiro atoms. The molecule has 1 heterocycles. The summed E-state index contributed by atoms with van der Waals surface area (Å²) < 4.78 is 10.8. The van der Waals surface area contributed by atoms with E-state index in [9.17, 15) is 29.5 Å². The van der Waals surface area contributed by atoms with Gasteiger partial charge in [0, 0.05) is 33.1 Å². The molecule has 12 heteroatoms. The van der Waals surface area contributed by atoms with Crippen molar-refractivity contribution in [3.63, 3.8) is 0 Å². The Morgan fingerprint density at radius 1 is 1.11 bits per heavy atom. The van der Waals surface area contributed by atoms with E-state index in [-0.39, 0.29) is 30.8 Å². The lowest BCUT2D eigenvalue weighted by atomic mass is 9.95. The molecule has 3 aromatic rings. The molecular formula is C33H37N5O7. The minimum atomic E-state index is -1.32. The number of likely N-dealkylation sites (N-methyl/N-ethyl adjacent to an activating group) is 1. The molecule has 3 N–H and O–H groups in total. The molecule has 0 fully saturated rings. The maximum absolute atomic E-state index is 13.4. The van der Waals surface area contributed by atoms with Gasteiger partial charge in [-0.05, 0) is 50.1 Å². The highest BCUT2D eigenvalue weighted by atomic mass is 16.5. The predicted molar refractivity (Wildman–Crippen MR) is 165 cm³/mol. The number of rotatable bonds is 14. The molecule has 236 valence electrons. The minimum Gasteiger partial charge on any atom is -0.493 e. The molecule has 1 aromatic heterocycles. The number of nitriles is 1. The number of aryl methyl sites for hydroxylation is 2. The van der Waals surface area contributed by atoms with Gasteiger partial charge < -0.3 is 29.9 Å². The fourth-order valence-electron chi connectivity index (χ4n) is 4.24. The number of amides is 3. The van der Waals surface area contributed by atoms with Gasteiger partial charge in [0.2, 0.25) is 5.91 Å². The molecule has 0 saturated heterocycles. The molecule has 0 radical (unpaired) electrons. The van der Waals surface area contributed by atoms with Gasteiger partial charge in [-0.15, -0.1) is 0 Å². The number of nitrogens with one attached hydrogen (secondary N) is 2. The summed E-state index contributed by atoms with van der Waals surface area (Å²) in [5.41, 5.74) is 2.33. The van der Waals surface area contributed by atoms with Crippen LogP contribution in [0.15, 0.2) is 64.7 Å². The van der Waals surface area contributed by atoms with Gasteiger partial charge in [0.25, 0.3) is 11.8 Å². The van der Waals surface area contributed by atoms with E-state index in [1.165, 1.54) is 24.0 Å². The van der Waals surface area contributed by atoms with Crippen LogP contribution in [0, 0.1) is 31.1 Å². The van der Waals surface area contributed by atoms with Gasteiger partial charge >= 0.3 is 0 Å². The number of aromatic nitrogens is 1. The number of nitrogens with zero attached hydrogens (tertiary/aromatic N) is 3. The Kier molecular flexibility index (Phi) is 12.1. The molecule has 0 bridgehead atoms. The summed E-state index contributed by atoms with van der Waals surface area (Å²) in [7, 11) is 3.09. The third-order valence-corrected chi connectivity index (χ3v) is 6.76. The lowest BCUT2D eigenvalue weighted by molar-refractivity contribution is -0.132. The van der Waals surface area contributed by atoms with Crippen molar-refractivity contribution in [1.82, 2.24) is 20.7 Å². The highest BCUT2D eigenvalue weighted by Crippen LogP contribution is 2.19. The highest BCUT2D eigenvalue weighted by Gasteiger charge is 2.31. The summed E-state index contributed by atoms with van der Waals surface area (Å²) in [6.45, 7) is 4.91. The number of Topliss-reactive ketones (excluding diaryl/α,β-unsaturated/α-hetero) is 1. The standard InChI is InChI=1S/C33H37N5O7/c1-20-9-11-23(12-10-20)18-35-31(41)26(16-29(40)30(22(3)39)36-32(42)28-13-21(2)45-37-28)19-44-27-8-6-7-24(15-27)14-25(17-34)33(43)38(4)5/h6-15,22,26,30,39H,16,18-19H2,1-5H3,(H,35,41)(H,36,42)/t22-,26+,30+/m1/s1. The number of ketones is 1. The zero-order chi connectivity index (χ0) is 33.1. The van der Waals surface area contributed by atoms with E-state index in [1.807, 2.05) is 37.3 Å². The Hall–Kier alpha value is -5.28. The Morgan fingerprint density at radius 2 is 1.82 bits per heavy atom. The quantitative estimate of drug-likeness (QED) is 0.182. The SMILES string of the molecule is Cc1ccc(CNC(=O)[C@H](COc2cccc(C=C(C#N)C(=O)N(C)C)c2)CC(=O)[C@@H](NC(=O)c2cc(C)on2)[C@@H](C)O)cc1. The largest absolute Gasteiger partial charge is 0.493 e. The highest BCUT2D eigenvalue weighted by molar-refractivity contribution is 6.01. The smallest absolute Gasteiger partial charge is 0.274 e. The van der Waals surface area contributed by atoms with E-state index >= 15 is 0 Å². The molecule has 0 aliphatic rings. The van der Waals surface area contributed by atoms with Crippen molar-refractivity contribution >= 4 is 29.6 Å². The topological polar surface area (TPSA) is 175 Å². The first kappa shape index (κ1) is 34.2. The number of benzene rings is 2. The number of aliphatic hydroxyl groups is 1. The number of ether oxygens (including phenoxy) is 1. The summed E-state index contributed by atoms with van der Waals surface area (Å²) in [4.78, 5) is 53.0. The molecule has 12 nitrogen and oxygen atoms in total. The maximum atomic E-state index is 13.4. The zero-order valence-corrected chi connectivity index (χ0v) is 25.9. The second kappa shape index (κ2) is 16.0. The lowest BCUT2D eigenvalue weighted by Gasteiger charge is -2.23. The van der Waals surface area contributed by atoms with Crippen LogP contribution in [0.25, 0.3) is 6.08 Å². The summed E-state index contributed by atoms with van der Waals surface area (Å²) in [6, 6.07) is 16.2. The van der Waals surface area contributed by atoms with Gasteiger partial charge in [-0.1, -0.05) is 47.1 Å². The van der Waals surface area contributed by atoms with Crippen molar-refractivity contribution in [1.29, 1.82) is 5.26 Å². The van der Waals surface area contributed by atoms with Crippen molar-refractivity contribution in [3.05, 3.63) is 88.3 Å². The van der Waals surface area contributed by atoms with Gasteiger partial charge in [0.1, 0.15) is 35.8 Å². The molecule has 3 atom stereocenters. The van der Waals surface area contributed by atoms with Crippen molar-refractivity contribution in [2.75, 3.05) is 20.7 Å². The minimum absolute atomic E-state index is 0.0533. The van der Waals surface area contributed by atoms with Crippen LogP contribution < -0.4 is 15.4 Å². The fourth-order valence-corrected chi connectivity index (χ4v) is 4.24. The van der Waals surface area contributed by atoms with Crippen LogP contribution in [0.3, 0.4) is 0 Å². The van der Waals surface area contributed by atoms with Crippen LogP contribution >= 0.6 is 0 Å². The van der Waals surface area contributed by atoms with Crippen molar-refractivity contribution in [3.8, 4) is 11.8 Å². The second-order valence-electron chi connectivity index (χ2n) is 10.8. The Bertz CT molecular complexity index is 1590. The molecule has 0 unspecified atom stereocenters. The number of aliphatic hydroxyl groups excluding tert-OH is 1. The van der Waals surface area contributed by atoms with E-state index in [1.54, 1.807) is 45.3 Å². The Morgan fingerprint density at radius 3 is 2.42 bits per heavy atom. The van der Waals surface area contributed by atoms with Crippen LogP contribution in [0.4, 0.5) is 0 Å². The Balaban J connectivity index is 1.79. The summed E-state index contributed by atoms with van der Waals surface area (Å²) in [5.74, 6) is -2.48. The normalized spacial score (nSPS) is 13.1. The number of hydrogen-bond donors (Lipinski definition) is 3. The van der Waals surface area contributed by atoms with Crippen LogP contribution in [0.5, 0.6) is 5.75 Å². The van der Waals surface area contributed by atoms with Crippen LogP contribution in [-0.2, 0) is 20.9 Å². The van der Waals surface area contributed by atoms with E-state index in [2.05, 4.69) is 15.8 Å².